The van der Waals surface area contributed by atoms with E-state index in [4.69, 9.17) is 4.74 Å². The summed E-state index contributed by atoms with van der Waals surface area (Å²) in [5, 5.41) is 3.61. The fourth-order valence-corrected chi connectivity index (χ4v) is 2.67. The first kappa shape index (κ1) is 14.4. The summed E-state index contributed by atoms with van der Waals surface area (Å²) in [4.78, 5) is 2.56. The van der Waals surface area contributed by atoms with Crippen LogP contribution in [0.3, 0.4) is 0 Å². The standard InChI is InChI=1S/C16H26N2O/c1-14(13-18-11-3-4-12-18)17-10-9-15-5-7-16(19-2)8-6-15/h5-8,14,17H,3-4,9-13H2,1-2H3. The first-order valence-corrected chi connectivity index (χ1v) is 7.36. The van der Waals surface area contributed by atoms with Gasteiger partial charge in [0.05, 0.1) is 7.11 Å². The second-order valence-corrected chi connectivity index (χ2v) is 5.46. The van der Waals surface area contributed by atoms with Crippen LogP contribution in [-0.2, 0) is 6.42 Å². The molecular weight excluding hydrogens is 236 g/mol. The van der Waals surface area contributed by atoms with Crippen LogP contribution in [-0.4, -0.2) is 44.2 Å². The predicted molar refractivity (Wildman–Crippen MR) is 79.8 cm³/mol. The number of hydrogen-bond acceptors (Lipinski definition) is 3. The molecule has 106 valence electrons. The third-order valence-electron chi connectivity index (χ3n) is 3.80. The number of benzene rings is 1. The molecule has 1 atom stereocenters. The molecule has 0 aliphatic carbocycles. The number of nitrogens with zero attached hydrogens (tertiary/aromatic N) is 1. The molecule has 1 fully saturated rings. The van der Waals surface area contributed by atoms with Crippen LogP contribution in [0.5, 0.6) is 5.75 Å². The van der Waals surface area contributed by atoms with Gasteiger partial charge < -0.3 is 15.0 Å². The molecule has 1 aromatic carbocycles. The highest BCUT2D eigenvalue weighted by Crippen LogP contribution is 2.11. The van der Waals surface area contributed by atoms with Crippen LogP contribution in [0.1, 0.15) is 25.3 Å². The van der Waals surface area contributed by atoms with Gasteiger partial charge in [-0.1, -0.05) is 12.1 Å². The second-order valence-electron chi connectivity index (χ2n) is 5.46. The first-order chi connectivity index (χ1) is 9.28. The fraction of sp³-hybridized carbons (Fsp3) is 0.625. The van der Waals surface area contributed by atoms with Crippen molar-refractivity contribution in [3.63, 3.8) is 0 Å². The van der Waals surface area contributed by atoms with E-state index in [9.17, 15) is 0 Å². The van der Waals surface area contributed by atoms with Crippen molar-refractivity contribution in [2.45, 2.75) is 32.2 Å². The summed E-state index contributed by atoms with van der Waals surface area (Å²) in [5.74, 6) is 0.930. The van der Waals surface area contributed by atoms with Gasteiger partial charge in [-0.3, -0.25) is 0 Å². The number of ether oxygens (including phenoxy) is 1. The van der Waals surface area contributed by atoms with Crippen molar-refractivity contribution in [2.75, 3.05) is 33.3 Å². The number of methoxy groups -OCH3 is 1. The minimum absolute atomic E-state index is 0.580. The Morgan fingerprint density at radius 1 is 1.21 bits per heavy atom. The molecule has 1 aromatic rings. The summed E-state index contributed by atoms with van der Waals surface area (Å²) in [5.41, 5.74) is 1.36. The molecule has 1 heterocycles. The van der Waals surface area contributed by atoms with Crippen molar-refractivity contribution in [3.8, 4) is 5.75 Å². The molecule has 1 aliphatic heterocycles. The van der Waals surface area contributed by atoms with Gasteiger partial charge in [0.1, 0.15) is 5.75 Å². The summed E-state index contributed by atoms with van der Waals surface area (Å²) in [7, 11) is 1.70. The monoisotopic (exact) mass is 262 g/mol. The molecule has 0 amide bonds. The van der Waals surface area contributed by atoms with Crippen LogP contribution < -0.4 is 10.1 Å². The van der Waals surface area contributed by atoms with Crippen molar-refractivity contribution in [3.05, 3.63) is 29.8 Å². The Labute approximate surface area is 116 Å². The molecular formula is C16H26N2O. The zero-order valence-electron chi connectivity index (χ0n) is 12.2. The fourth-order valence-electron chi connectivity index (χ4n) is 2.67. The van der Waals surface area contributed by atoms with E-state index >= 15 is 0 Å². The van der Waals surface area contributed by atoms with Crippen LogP contribution in [0.15, 0.2) is 24.3 Å². The van der Waals surface area contributed by atoms with E-state index in [1.807, 2.05) is 12.1 Å². The van der Waals surface area contributed by atoms with E-state index in [1.54, 1.807) is 7.11 Å². The summed E-state index contributed by atoms with van der Waals surface area (Å²) >= 11 is 0. The molecule has 0 radical (unpaired) electrons. The number of likely N-dealkylation sites (tertiary alicyclic amines) is 1. The van der Waals surface area contributed by atoms with Gasteiger partial charge in [-0.2, -0.15) is 0 Å². The zero-order valence-corrected chi connectivity index (χ0v) is 12.2. The summed E-state index contributed by atoms with van der Waals surface area (Å²) in [6.45, 7) is 7.07. The molecule has 0 saturated carbocycles. The van der Waals surface area contributed by atoms with E-state index in [1.165, 1.54) is 38.0 Å². The molecule has 19 heavy (non-hydrogen) atoms. The largest absolute Gasteiger partial charge is 0.497 e. The topological polar surface area (TPSA) is 24.5 Å². The maximum absolute atomic E-state index is 5.17. The van der Waals surface area contributed by atoms with Crippen LogP contribution >= 0.6 is 0 Å². The van der Waals surface area contributed by atoms with Gasteiger partial charge >= 0.3 is 0 Å². The maximum atomic E-state index is 5.17. The van der Waals surface area contributed by atoms with Crippen LogP contribution in [0, 0.1) is 0 Å². The third kappa shape index (κ3) is 4.84. The first-order valence-electron chi connectivity index (χ1n) is 7.36. The quantitative estimate of drug-likeness (QED) is 0.816. The van der Waals surface area contributed by atoms with Crippen molar-refractivity contribution in [1.82, 2.24) is 10.2 Å². The lowest BCUT2D eigenvalue weighted by Gasteiger charge is -2.21. The SMILES string of the molecule is COc1ccc(CCNC(C)CN2CCCC2)cc1. The highest BCUT2D eigenvalue weighted by atomic mass is 16.5. The predicted octanol–water partition coefficient (Wildman–Crippen LogP) is 2.31. The zero-order chi connectivity index (χ0) is 13.5. The minimum Gasteiger partial charge on any atom is -0.497 e. The van der Waals surface area contributed by atoms with E-state index < -0.39 is 0 Å². The Kier molecular flexibility index (Phi) is 5.67. The van der Waals surface area contributed by atoms with Crippen molar-refractivity contribution in [1.29, 1.82) is 0 Å². The van der Waals surface area contributed by atoms with E-state index in [-0.39, 0.29) is 0 Å². The number of rotatable bonds is 7. The molecule has 0 aromatic heterocycles. The molecule has 1 saturated heterocycles. The summed E-state index contributed by atoms with van der Waals surface area (Å²) < 4.78 is 5.17. The summed E-state index contributed by atoms with van der Waals surface area (Å²) in [6.07, 6.45) is 3.82. The Bertz CT molecular complexity index is 358. The van der Waals surface area contributed by atoms with E-state index in [2.05, 4.69) is 29.3 Å². The van der Waals surface area contributed by atoms with Crippen LogP contribution in [0.4, 0.5) is 0 Å². The molecule has 3 nitrogen and oxygen atoms in total. The van der Waals surface area contributed by atoms with Crippen molar-refractivity contribution >= 4 is 0 Å². The summed E-state index contributed by atoms with van der Waals surface area (Å²) in [6, 6.07) is 8.93. The Morgan fingerprint density at radius 2 is 1.89 bits per heavy atom. The second kappa shape index (κ2) is 7.51. The lowest BCUT2D eigenvalue weighted by molar-refractivity contribution is 0.299. The Hall–Kier alpha value is -1.06. The van der Waals surface area contributed by atoms with Gasteiger partial charge in [0.15, 0.2) is 0 Å². The molecule has 0 bridgehead atoms. The van der Waals surface area contributed by atoms with Gasteiger partial charge in [-0.05, 0) is 63.5 Å². The smallest absolute Gasteiger partial charge is 0.118 e. The van der Waals surface area contributed by atoms with Crippen LogP contribution in [0.2, 0.25) is 0 Å². The van der Waals surface area contributed by atoms with Crippen molar-refractivity contribution in [2.24, 2.45) is 0 Å². The van der Waals surface area contributed by atoms with E-state index in [0.717, 1.165) is 18.7 Å². The molecule has 1 unspecified atom stereocenters. The average molecular weight is 262 g/mol. The Morgan fingerprint density at radius 3 is 2.53 bits per heavy atom. The van der Waals surface area contributed by atoms with E-state index in [0.29, 0.717) is 6.04 Å². The third-order valence-corrected chi connectivity index (χ3v) is 3.80. The number of nitrogens with one attached hydrogen (secondary N) is 1. The van der Waals surface area contributed by atoms with Gasteiger partial charge in [0, 0.05) is 12.6 Å². The lowest BCUT2D eigenvalue weighted by Crippen LogP contribution is -2.38. The molecule has 1 N–H and O–H groups in total. The minimum atomic E-state index is 0.580. The lowest BCUT2D eigenvalue weighted by atomic mass is 10.1. The molecule has 0 spiro atoms. The highest BCUT2D eigenvalue weighted by Gasteiger charge is 2.13. The van der Waals surface area contributed by atoms with Gasteiger partial charge in [-0.15, -0.1) is 0 Å². The molecule has 1 aliphatic rings. The van der Waals surface area contributed by atoms with Crippen molar-refractivity contribution < 1.29 is 4.74 Å². The molecule has 2 rings (SSSR count). The van der Waals surface area contributed by atoms with Gasteiger partial charge in [0.25, 0.3) is 0 Å². The normalized spacial score (nSPS) is 17.6. The average Bonchev–Trinajstić information content (AvgIpc) is 2.92. The van der Waals surface area contributed by atoms with Crippen LogP contribution in [0.25, 0.3) is 0 Å². The van der Waals surface area contributed by atoms with Gasteiger partial charge in [0.2, 0.25) is 0 Å². The Balaban J connectivity index is 1.64. The highest BCUT2D eigenvalue weighted by molar-refractivity contribution is 5.27. The maximum Gasteiger partial charge on any atom is 0.118 e. The molecule has 3 heteroatoms. The number of hydrogen-bond donors (Lipinski definition) is 1. The van der Waals surface area contributed by atoms with Gasteiger partial charge in [-0.25, -0.2) is 0 Å².